The monoisotopic (exact) mass is 205 g/mol. The highest BCUT2D eigenvalue weighted by Crippen LogP contribution is 2.22. The Labute approximate surface area is 85.8 Å². The molecule has 0 bridgehead atoms. The summed E-state index contributed by atoms with van der Waals surface area (Å²) in [6.07, 6.45) is 2.73. The lowest BCUT2D eigenvalue weighted by Gasteiger charge is -2.03. The summed E-state index contributed by atoms with van der Waals surface area (Å²) in [5.74, 6) is 0.203. The lowest BCUT2D eigenvalue weighted by atomic mass is 10.2. The molecule has 2 rings (SSSR count). The average Bonchev–Trinajstić information content (AvgIpc) is 2.30. The molecule has 0 aliphatic carbocycles. The van der Waals surface area contributed by atoms with E-state index in [2.05, 4.69) is 15.0 Å². The van der Waals surface area contributed by atoms with Crippen LogP contribution < -0.4 is 4.74 Å². The topological polar surface area (TPSA) is 47.9 Å². The lowest BCUT2D eigenvalue weighted by Crippen LogP contribution is -1.92. The van der Waals surface area contributed by atoms with E-state index in [-0.39, 0.29) is 5.75 Å². The molecule has 1 aromatic heterocycles. The first-order chi connectivity index (χ1) is 7.31. The van der Waals surface area contributed by atoms with E-state index in [1.54, 1.807) is 6.07 Å². The quantitative estimate of drug-likeness (QED) is 0.748. The van der Waals surface area contributed by atoms with Gasteiger partial charge in [-0.1, -0.05) is 0 Å². The van der Waals surface area contributed by atoms with E-state index >= 15 is 0 Å². The Hall–Kier alpha value is -2.04. The van der Waals surface area contributed by atoms with E-state index in [0.717, 1.165) is 0 Å². The van der Waals surface area contributed by atoms with Crippen molar-refractivity contribution in [2.45, 2.75) is 0 Å². The summed E-state index contributed by atoms with van der Waals surface area (Å²) in [6.45, 7) is 0. The molecule has 0 spiro atoms. The Bertz CT molecular complexity index is 461. The molecule has 2 aromatic rings. The predicted molar refractivity (Wildman–Crippen MR) is 51.8 cm³/mol. The Morgan fingerprint density at radius 3 is 2.53 bits per heavy atom. The Kier molecular flexibility index (Phi) is 2.53. The number of nitrogens with zero attached hydrogens (tertiary/aromatic N) is 3. The molecule has 4 nitrogen and oxygen atoms in total. The molecule has 15 heavy (non-hydrogen) atoms. The number of aromatic nitrogens is 3. The zero-order chi connectivity index (χ0) is 10.7. The first-order valence-electron chi connectivity index (χ1n) is 4.27. The largest absolute Gasteiger partial charge is 0.494 e. The van der Waals surface area contributed by atoms with Gasteiger partial charge in [0.15, 0.2) is 17.4 Å². The highest BCUT2D eigenvalue weighted by molar-refractivity contribution is 5.55. The molecule has 1 aromatic carbocycles. The van der Waals surface area contributed by atoms with Gasteiger partial charge in [0.2, 0.25) is 0 Å². The molecule has 0 aliphatic heterocycles. The van der Waals surface area contributed by atoms with Gasteiger partial charge in [-0.3, -0.25) is 0 Å². The van der Waals surface area contributed by atoms with Crippen molar-refractivity contribution in [3.05, 3.63) is 36.7 Å². The van der Waals surface area contributed by atoms with E-state index in [1.165, 1.54) is 31.9 Å². The highest BCUT2D eigenvalue weighted by Gasteiger charge is 2.06. The fraction of sp³-hybridized carbons (Fsp3) is 0.100. The van der Waals surface area contributed by atoms with Crippen LogP contribution in [0.2, 0.25) is 0 Å². The van der Waals surface area contributed by atoms with Gasteiger partial charge >= 0.3 is 0 Å². The van der Waals surface area contributed by atoms with Gasteiger partial charge in [0, 0.05) is 5.56 Å². The van der Waals surface area contributed by atoms with Gasteiger partial charge in [0.25, 0.3) is 0 Å². The minimum atomic E-state index is -0.435. The third-order valence-electron chi connectivity index (χ3n) is 1.90. The number of halogens is 1. The molecule has 0 fully saturated rings. The van der Waals surface area contributed by atoms with Gasteiger partial charge in [0.1, 0.15) is 12.7 Å². The SMILES string of the molecule is COc1ccc(-c2ncncn2)cc1F. The standard InChI is InChI=1S/C10H8FN3O/c1-15-9-3-2-7(4-8(9)11)10-13-5-12-6-14-10/h2-6H,1H3. The number of rotatable bonds is 2. The zero-order valence-corrected chi connectivity index (χ0v) is 8.01. The van der Waals surface area contributed by atoms with Gasteiger partial charge < -0.3 is 4.74 Å². The molecule has 76 valence electrons. The van der Waals surface area contributed by atoms with Gasteiger partial charge in [-0.25, -0.2) is 19.3 Å². The van der Waals surface area contributed by atoms with E-state index < -0.39 is 5.82 Å². The maximum absolute atomic E-state index is 13.3. The van der Waals surface area contributed by atoms with Gasteiger partial charge in [-0.15, -0.1) is 0 Å². The third kappa shape index (κ3) is 1.90. The van der Waals surface area contributed by atoms with E-state index in [9.17, 15) is 4.39 Å². The number of hydrogen-bond donors (Lipinski definition) is 0. The number of methoxy groups -OCH3 is 1. The summed E-state index contributed by atoms with van der Waals surface area (Å²) in [4.78, 5) is 11.5. The maximum atomic E-state index is 13.3. The fourth-order valence-electron chi connectivity index (χ4n) is 1.19. The molecule has 0 saturated carbocycles. The summed E-state index contributed by atoms with van der Waals surface area (Å²) >= 11 is 0. The maximum Gasteiger partial charge on any atom is 0.165 e. The summed E-state index contributed by atoms with van der Waals surface area (Å²) < 4.78 is 18.1. The molecule has 5 heteroatoms. The van der Waals surface area contributed by atoms with Crippen molar-refractivity contribution >= 4 is 0 Å². The number of hydrogen-bond acceptors (Lipinski definition) is 4. The average molecular weight is 205 g/mol. The second-order valence-electron chi connectivity index (χ2n) is 2.81. The van der Waals surface area contributed by atoms with Crippen LogP contribution in [0, 0.1) is 5.82 Å². The van der Waals surface area contributed by atoms with Crippen LogP contribution in [0.5, 0.6) is 5.75 Å². The van der Waals surface area contributed by atoms with Crippen molar-refractivity contribution < 1.29 is 9.13 Å². The van der Waals surface area contributed by atoms with Crippen LogP contribution in [0.1, 0.15) is 0 Å². The smallest absolute Gasteiger partial charge is 0.165 e. The van der Waals surface area contributed by atoms with Crippen molar-refractivity contribution in [1.82, 2.24) is 15.0 Å². The van der Waals surface area contributed by atoms with Crippen LogP contribution in [-0.2, 0) is 0 Å². The molecular formula is C10H8FN3O. The van der Waals surface area contributed by atoms with Crippen molar-refractivity contribution in [2.75, 3.05) is 7.11 Å². The zero-order valence-electron chi connectivity index (χ0n) is 8.01. The Morgan fingerprint density at radius 2 is 1.93 bits per heavy atom. The van der Waals surface area contributed by atoms with Crippen LogP contribution >= 0.6 is 0 Å². The summed E-state index contributed by atoms with van der Waals surface area (Å²) in [7, 11) is 1.42. The summed E-state index contributed by atoms with van der Waals surface area (Å²) in [5, 5.41) is 0. The third-order valence-corrected chi connectivity index (χ3v) is 1.90. The van der Waals surface area contributed by atoms with E-state index in [0.29, 0.717) is 11.4 Å². The fourth-order valence-corrected chi connectivity index (χ4v) is 1.19. The van der Waals surface area contributed by atoms with Crippen LogP contribution in [-0.4, -0.2) is 22.1 Å². The van der Waals surface area contributed by atoms with Crippen molar-refractivity contribution in [1.29, 1.82) is 0 Å². The summed E-state index contributed by atoms with van der Waals surface area (Å²) in [5.41, 5.74) is 0.593. The van der Waals surface area contributed by atoms with Crippen molar-refractivity contribution in [2.24, 2.45) is 0 Å². The minimum Gasteiger partial charge on any atom is -0.494 e. The lowest BCUT2D eigenvalue weighted by molar-refractivity contribution is 0.386. The molecule has 0 unspecified atom stereocenters. The molecule has 0 radical (unpaired) electrons. The van der Waals surface area contributed by atoms with Crippen LogP contribution in [0.4, 0.5) is 4.39 Å². The van der Waals surface area contributed by atoms with Gasteiger partial charge in [0.05, 0.1) is 7.11 Å². The van der Waals surface area contributed by atoms with Crippen molar-refractivity contribution in [3.63, 3.8) is 0 Å². The minimum absolute atomic E-state index is 0.202. The Morgan fingerprint density at radius 1 is 1.20 bits per heavy atom. The first-order valence-corrected chi connectivity index (χ1v) is 4.27. The van der Waals surface area contributed by atoms with Crippen LogP contribution in [0.15, 0.2) is 30.9 Å². The second kappa shape index (κ2) is 4.00. The number of benzene rings is 1. The molecule has 0 saturated heterocycles. The van der Waals surface area contributed by atoms with Crippen LogP contribution in [0.3, 0.4) is 0 Å². The molecule has 1 heterocycles. The molecular weight excluding hydrogens is 197 g/mol. The molecule has 0 aliphatic rings. The molecule has 0 N–H and O–H groups in total. The predicted octanol–water partition coefficient (Wildman–Crippen LogP) is 1.69. The first kappa shape index (κ1) is 9.51. The second-order valence-corrected chi connectivity index (χ2v) is 2.81. The molecule has 0 atom stereocenters. The summed E-state index contributed by atoms with van der Waals surface area (Å²) in [6, 6.07) is 4.56. The van der Waals surface area contributed by atoms with Gasteiger partial charge in [-0.2, -0.15) is 0 Å². The Balaban J connectivity index is 2.43. The normalized spacial score (nSPS) is 10.0. The van der Waals surface area contributed by atoms with Gasteiger partial charge in [-0.05, 0) is 18.2 Å². The highest BCUT2D eigenvalue weighted by atomic mass is 19.1. The van der Waals surface area contributed by atoms with Crippen LogP contribution in [0.25, 0.3) is 11.4 Å². The number of ether oxygens (including phenoxy) is 1. The van der Waals surface area contributed by atoms with E-state index in [4.69, 9.17) is 4.74 Å². The van der Waals surface area contributed by atoms with E-state index in [1.807, 2.05) is 0 Å². The van der Waals surface area contributed by atoms with Crippen molar-refractivity contribution in [3.8, 4) is 17.1 Å². The molecule has 0 amide bonds.